The highest BCUT2D eigenvalue weighted by atomic mass is 19.1. The van der Waals surface area contributed by atoms with Crippen molar-refractivity contribution in [3.63, 3.8) is 0 Å². The van der Waals surface area contributed by atoms with Crippen LogP contribution in [0.15, 0.2) is 59.7 Å². The fourth-order valence-electron chi connectivity index (χ4n) is 3.79. The minimum atomic E-state index is -1.28. The Bertz CT molecular complexity index is 1240. The number of hydrogen-bond donors (Lipinski definition) is 2. The molecule has 2 aliphatic rings. The largest absolute Gasteiger partial charge is 0.474 e. The molecule has 2 atom stereocenters. The molecule has 0 aliphatic carbocycles. The standard InChI is InChI=1S/C23H20FN5O3/c1-13-10-11-29-23(32-13)16(12-25-29)21(30)28-20-22(31)27-19-15(8-5-9-17(19)24)18(26-20)14-6-3-2-4-7-14/h2-9,12-13,20H,10-11H2,1H3,(H,27,31)(H,28,30)/t13?,20-/m1/s1. The molecule has 0 bridgehead atoms. The summed E-state index contributed by atoms with van der Waals surface area (Å²) >= 11 is 0. The Morgan fingerprint density at radius 2 is 2.03 bits per heavy atom. The predicted molar refractivity (Wildman–Crippen MR) is 115 cm³/mol. The monoisotopic (exact) mass is 433 g/mol. The Morgan fingerprint density at radius 1 is 1.22 bits per heavy atom. The highest BCUT2D eigenvalue weighted by molar-refractivity contribution is 6.20. The van der Waals surface area contributed by atoms with E-state index in [4.69, 9.17) is 4.74 Å². The van der Waals surface area contributed by atoms with Gasteiger partial charge in [-0.05, 0) is 13.0 Å². The van der Waals surface area contributed by atoms with Gasteiger partial charge in [-0.2, -0.15) is 5.10 Å². The number of anilines is 1. The van der Waals surface area contributed by atoms with Crippen LogP contribution in [0.4, 0.5) is 10.1 Å². The zero-order valence-corrected chi connectivity index (χ0v) is 17.2. The Balaban J connectivity index is 1.52. The van der Waals surface area contributed by atoms with Gasteiger partial charge in [-0.25, -0.2) is 14.1 Å². The number of rotatable bonds is 3. The van der Waals surface area contributed by atoms with E-state index in [1.54, 1.807) is 16.8 Å². The van der Waals surface area contributed by atoms with Crippen LogP contribution in [0.2, 0.25) is 0 Å². The lowest BCUT2D eigenvalue weighted by Gasteiger charge is -2.22. The zero-order chi connectivity index (χ0) is 22.2. The molecule has 2 aromatic carbocycles. The highest BCUT2D eigenvalue weighted by Crippen LogP contribution is 2.28. The lowest BCUT2D eigenvalue weighted by Crippen LogP contribution is -2.42. The van der Waals surface area contributed by atoms with E-state index >= 15 is 0 Å². The summed E-state index contributed by atoms with van der Waals surface area (Å²) in [4.78, 5) is 30.5. The molecule has 2 N–H and O–H groups in total. The third kappa shape index (κ3) is 3.51. The van der Waals surface area contributed by atoms with E-state index in [9.17, 15) is 14.0 Å². The third-order valence-electron chi connectivity index (χ3n) is 5.43. The highest BCUT2D eigenvalue weighted by Gasteiger charge is 2.31. The van der Waals surface area contributed by atoms with Crippen molar-refractivity contribution < 1.29 is 18.7 Å². The number of aromatic nitrogens is 2. The molecule has 0 saturated heterocycles. The molecule has 162 valence electrons. The molecule has 0 saturated carbocycles. The van der Waals surface area contributed by atoms with E-state index in [0.717, 1.165) is 6.42 Å². The Kier molecular flexibility index (Phi) is 4.93. The molecular weight excluding hydrogens is 413 g/mol. The predicted octanol–water partition coefficient (Wildman–Crippen LogP) is 2.74. The first-order valence-corrected chi connectivity index (χ1v) is 10.3. The smallest absolute Gasteiger partial charge is 0.269 e. The lowest BCUT2D eigenvalue weighted by molar-refractivity contribution is -0.117. The van der Waals surface area contributed by atoms with E-state index in [0.29, 0.717) is 29.3 Å². The summed E-state index contributed by atoms with van der Waals surface area (Å²) < 4.78 is 22.0. The van der Waals surface area contributed by atoms with Crippen LogP contribution < -0.4 is 15.4 Å². The molecule has 3 aromatic rings. The molecule has 0 fully saturated rings. The van der Waals surface area contributed by atoms with E-state index in [-0.39, 0.29) is 17.4 Å². The van der Waals surface area contributed by atoms with Crippen molar-refractivity contribution in [2.45, 2.75) is 32.2 Å². The number of aryl methyl sites for hydroxylation is 1. The number of halogens is 1. The minimum Gasteiger partial charge on any atom is -0.474 e. The summed E-state index contributed by atoms with van der Waals surface area (Å²) in [5, 5.41) is 9.40. The first-order valence-electron chi connectivity index (χ1n) is 10.3. The Labute approximate surface area is 183 Å². The molecule has 0 radical (unpaired) electrons. The molecule has 9 heteroatoms. The Morgan fingerprint density at radius 3 is 2.84 bits per heavy atom. The van der Waals surface area contributed by atoms with Crippen LogP contribution in [0.3, 0.4) is 0 Å². The van der Waals surface area contributed by atoms with Gasteiger partial charge in [-0.15, -0.1) is 0 Å². The topological polar surface area (TPSA) is 97.6 Å². The maximum atomic E-state index is 14.6. The second-order valence-corrected chi connectivity index (χ2v) is 7.68. The van der Waals surface area contributed by atoms with Crippen molar-refractivity contribution in [3.05, 3.63) is 77.2 Å². The van der Waals surface area contributed by atoms with Crippen LogP contribution in [-0.2, 0) is 11.3 Å². The van der Waals surface area contributed by atoms with Gasteiger partial charge in [0, 0.05) is 24.1 Å². The molecule has 2 amide bonds. The average molecular weight is 433 g/mol. The summed E-state index contributed by atoms with van der Waals surface area (Å²) in [6, 6.07) is 13.6. The fourth-order valence-corrected chi connectivity index (χ4v) is 3.79. The quantitative estimate of drug-likeness (QED) is 0.664. The first-order chi connectivity index (χ1) is 15.5. The van der Waals surface area contributed by atoms with E-state index in [1.807, 2.05) is 37.3 Å². The molecule has 32 heavy (non-hydrogen) atoms. The minimum absolute atomic E-state index is 0.0249. The number of nitrogens with zero attached hydrogens (tertiary/aromatic N) is 3. The number of hydrogen-bond acceptors (Lipinski definition) is 5. The molecule has 8 nitrogen and oxygen atoms in total. The number of carbonyl (C=O) groups is 2. The van der Waals surface area contributed by atoms with Gasteiger partial charge in [0.2, 0.25) is 12.0 Å². The Hall–Kier alpha value is -4.01. The van der Waals surface area contributed by atoms with Gasteiger partial charge < -0.3 is 15.4 Å². The van der Waals surface area contributed by atoms with Gasteiger partial charge in [-0.1, -0.05) is 42.5 Å². The van der Waals surface area contributed by atoms with E-state index in [1.165, 1.54) is 12.3 Å². The van der Waals surface area contributed by atoms with Gasteiger partial charge in [0.25, 0.3) is 11.8 Å². The number of benzodiazepines with no additional fused rings is 1. The number of ether oxygens (including phenoxy) is 1. The number of benzene rings is 2. The van der Waals surface area contributed by atoms with Crippen LogP contribution in [0, 0.1) is 5.82 Å². The van der Waals surface area contributed by atoms with Crippen molar-refractivity contribution in [1.29, 1.82) is 0 Å². The average Bonchev–Trinajstić information content (AvgIpc) is 3.15. The zero-order valence-electron chi connectivity index (χ0n) is 17.2. The van der Waals surface area contributed by atoms with Crippen molar-refractivity contribution in [2.24, 2.45) is 4.99 Å². The lowest BCUT2D eigenvalue weighted by atomic mass is 10.0. The molecular formula is C23H20FN5O3. The van der Waals surface area contributed by atoms with Crippen LogP contribution in [-0.4, -0.2) is 39.6 Å². The molecule has 3 heterocycles. The molecule has 5 rings (SSSR count). The summed E-state index contributed by atoms with van der Waals surface area (Å²) in [5.41, 5.74) is 1.76. The van der Waals surface area contributed by atoms with Gasteiger partial charge in [0.1, 0.15) is 11.4 Å². The summed E-state index contributed by atoms with van der Waals surface area (Å²) in [7, 11) is 0. The first kappa shape index (κ1) is 19.9. The fraction of sp³-hybridized carbons (Fsp3) is 0.217. The van der Waals surface area contributed by atoms with Crippen LogP contribution in [0.5, 0.6) is 5.88 Å². The summed E-state index contributed by atoms with van der Waals surface area (Å²) in [6.45, 7) is 2.55. The number of fused-ring (bicyclic) bond motifs is 2. The van der Waals surface area contributed by atoms with Gasteiger partial charge >= 0.3 is 0 Å². The maximum absolute atomic E-state index is 14.6. The van der Waals surface area contributed by atoms with Crippen LogP contribution >= 0.6 is 0 Å². The second-order valence-electron chi connectivity index (χ2n) is 7.68. The van der Waals surface area contributed by atoms with Gasteiger partial charge in [-0.3, -0.25) is 9.59 Å². The van der Waals surface area contributed by atoms with Crippen molar-refractivity contribution in [1.82, 2.24) is 15.1 Å². The summed E-state index contributed by atoms with van der Waals surface area (Å²) in [6.07, 6.45) is 0.872. The number of aliphatic imine (C=N–C) groups is 1. The molecule has 1 unspecified atom stereocenters. The normalized spacial score (nSPS) is 19.6. The number of nitrogens with one attached hydrogen (secondary N) is 2. The van der Waals surface area contributed by atoms with Crippen molar-refractivity contribution in [2.75, 3.05) is 5.32 Å². The van der Waals surface area contributed by atoms with Crippen molar-refractivity contribution in [3.8, 4) is 5.88 Å². The van der Waals surface area contributed by atoms with Gasteiger partial charge in [0.05, 0.1) is 23.7 Å². The SMILES string of the molecule is CC1CCn2ncc(C(=O)N[C@H]3N=C(c4ccccc4)c4cccc(F)c4NC3=O)c2O1. The van der Waals surface area contributed by atoms with E-state index in [2.05, 4.69) is 20.7 Å². The van der Waals surface area contributed by atoms with Crippen LogP contribution in [0.25, 0.3) is 0 Å². The van der Waals surface area contributed by atoms with Crippen molar-refractivity contribution >= 4 is 23.2 Å². The third-order valence-corrected chi connectivity index (χ3v) is 5.43. The van der Waals surface area contributed by atoms with Gasteiger partial charge in [0.15, 0.2) is 0 Å². The second kappa shape index (κ2) is 7.92. The number of para-hydroxylation sites is 1. The molecule has 0 spiro atoms. The maximum Gasteiger partial charge on any atom is 0.269 e. The van der Waals surface area contributed by atoms with E-state index < -0.39 is 23.8 Å². The van der Waals surface area contributed by atoms with Crippen LogP contribution in [0.1, 0.15) is 34.8 Å². The number of amides is 2. The molecule has 1 aromatic heterocycles. The number of carbonyl (C=O) groups excluding carboxylic acids is 2. The summed E-state index contributed by atoms with van der Waals surface area (Å²) in [5.74, 6) is -1.43. The molecule has 2 aliphatic heterocycles.